The molecular formula is C16H21N3O2. The second-order valence-corrected chi connectivity index (χ2v) is 6.16. The summed E-state index contributed by atoms with van der Waals surface area (Å²) in [5.74, 6) is -1.06. The fourth-order valence-corrected chi connectivity index (χ4v) is 3.93. The lowest BCUT2D eigenvalue weighted by Crippen LogP contribution is -2.56. The van der Waals surface area contributed by atoms with Gasteiger partial charge < -0.3 is 16.8 Å². The predicted molar refractivity (Wildman–Crippen MR) is 79.4 cm³/mol. The highest BCUT2D eigenvalue weighted by Gasteiger charge is 2.52. The van der Waals surface area contributed by atoms with Crippen LogP contribution >= 0.6 is 0 Å². The van der Waals surface area contributed by atoms with E-state index >= 15 is 0 Å². The first-order chi connectivity index (χ1) is 10.0. The molecule has 21 heavy (non-hydrogen) atoms. The van der Waals surface area contributed by atoms with Crippen molar-refractivity contribution in [3.05, 3.63) is 35.4 Å². The van der Waals surface area contributed by atoms with Gasteiger partial charge in [0.05, 0.1) is 5.92 Å². The highest BCUT2D eigenvalue weighted by Crippen LogP contribution is 2.44. The summed E-state index contributed by atoms with van der Waals surface area (Å²) in [7, 11) is 0. The molecular weight excluding hydrogens is 266 g/mol. The number of primary amides is 2. The minimum absolute atomic E-state index is 0.0179. The molecule has 1 saturated heterocycles. The van der Waals surface area contributed by atoms with Gasteiger partial charge in [-0.2, -0.15) is 0 Å². The summed E-state index contributed by atoms with van der Waals surface area (Å²) < 4.78 is 0. The molecule has 5 heteroatoms. The standard InChI is InChI=1S/C16H21N3O2/c17-14(20)11-8-16(15(18)21,19-9-11)13-7-3-5-10-4-1-2-6-12(10)13/h1-2,4,6,11,13,19H,3,5,7-9H2,(H2,17,20)(H2,18,21)/t11?,13-,16?/m1/s1. The third kappa shape index (κ3) is 2.21. The molecule has 2 unspecified atom stereocenters. The molecule has 3 rings (SSSR count). The second kappa shape index (κ2) is 5.15. The highest BCUT2D eigenvalue weighted by atomic mass is 16.2. The lowest BCUT2D eigenvalue weighted by atomic mass is 9.69. The van der Waals surface area contributed by atoms with Gasteiger partial charge in [0.2, 0.25) is 11.8 Å². The topological polar surface area (TPSA) is 98.2 Å². The first-order valence-electron chi connectivity index (χ1n) is 7.46. The van der Waals surface area contributed by atoms with Gasteiger partial charge in [0.1, 0.15) is 5.54 Å². The normalized spacial score (nSPS) is 31.6. The van der Waals surface area contributed by atoms with E-state index in [-0.39, 0.29) is 23.7 Å². The Morgan fingerprint density at radius 1 is 1.24 bits per heavy atom. The predicted octanol–water partition coefficient (Wildman–Crippen LogP) is 0.425. The van der Waals surface area contributed by atoms with Gasteiger partial charge in [0.15, 0.2) is 0 Å². The molecule has 5 N–H and O–H groups in total. The van der Waals surface area contributed by atoms with E-state index < -0.39 is 5.54 Å². The summed E-state index contributed by atoms with van der Waals surface area (Å²) >= 11 is 0. The smallest absolute Gasteiger partial charge is 0.238 e. The molecule has 3 atom stereocenters. The van der Waals surface area contributed by atoms with Gasteiger partial charge in [0, 0.05) is 12.5 Å². The van der Waals surface area contributed by atoms with E-state index in [2.05, 4.69) is 17.4 Å². The first-order valence-corrected chi connectivity index (χ1v) is 7.46. The van der Waals surface area contributed by atoms with Crippen molar-refractivity contribution in [2.75, 3.05) is 6.54 Å². The van der Waals surface area contributed by atoms with Crippen LogP contribution in [0.2, 0.25) is 0 Å². The van der Waals surface area contributed by atoms with E-state index in [9.17, 15) is 9.59 Å². The van der Waals surface area contributed by atoms with E-state index in [0.29, 0.717) is 13.0 Å². The number of amides is 2. The molecule has 1 fully saturated rings. The Kier molecular flexibility index (Phi) is 3.45. The van der Waals surface area contributed by atoms with Crippen LogP contribution in [0.1, 0.15) is 36.3 Å². The Balaban J connectivity index is 2.01. The van der Waals surface area contributed by atoms with Crippen LogP contribution in [-0.4, -0.2) is 23.9 Å². The number of fused-ring (bicyclic) bond motifs is 1. The van der Waals surface area contributed by atoms with E-state index in [1.165, 1.54) is 11.1 Å². The third-order valence-corrected chi connectivity index (χ3v) is 5.04. The molecule has 2 aliphatic rings. The lowest BCUT2D eigenvalue weighted by molar-refractivity contribution is -0.125. The van der Waals surface area contributed by atoms with E-state index in [1.54, 1.807) is 0 Å². The Bertz CT molecular complexity index is 587. The van der Waals surface area contributed by atoms with Crippen LogP contribution in [-0.2, 0) is 16.0 Å². The van der Waals surface area contributed by atoms with Crippen LogP contribution in [0.15, 0.2) is 24.3 Å². The Morgan fingerprint density at radius 3 is 2.67 bits per heavy atom. The van der Waals surface area contributed by atoms with Crippen molar-refractivity contribution in [2.45, 2.75) is 37.1 Å². The number of nitrogens with two attached hydrogens (primary N) is 2. The van der Waals surface area contributed by atoms with E-state index in [4.69, 9.17) is 11.5 Å². The molecule has 5 nitrogen and oxygen atoms in total. The molecule has 1 aliphatic heterocycles. The number of hydrogen-bond donors (Lipinski definition) is 3. The number of rotatable bonds is 3. The molecule has 2 amide bonds. The molecule has 1 aromatic rings. The fraction of sp³-hybridized carbons (Fsp3) is 0.500. The third-order valence-electron chi connectivity index (χ3n) is 5.04. The maximum absolute atomic E-state index is 12.2. The molecule has 0 aromatic heterocycles. The van der Waals surface area contributed by atoms with Crippen LogP contribution in [0, 0.1) is 5.92 Å². The lowest BCUT2D eigenvalue weighted by Gasteiger charge is -2.39. The highest BCUT2D eigenvalue weighted by molar-refractivity contribution is 5.89. The Morgan fingerprint density at radius 2 is 2.00 bits per heavy atom. The maximum Gasteiger partial charge on any atom is 0.238 e. The minimum atomic E-state index is -0.851. The summed E-state index contributed by atoms with van der Waals surface area (Å²) in [4.78, 5) is 23.7. The van der Waals surface area contributed by atoms with E-state index in [1.807, 2.05) is 12.1 Å². The van der Waals surface area contributed by atoms with Crippen molar-refractivity contribution in [3.8, 4) is 0 Å². The zero-order chi connectivity index (χ0) is 15.0. The van der Waals surface area contributed by atoms with Crippen molar-refractivity contribution in [1.29, 1.82) is 0 Å². The first kappa shape index (κ1) is 14.1. The van der Waals surface area contributed by atoms with Crippen LogP contribution in [0.5, 0.6) is 0 Å². The number of hydrogen-bond acceptors (Lipinski definition) is 3. The zero-order valence-corrected chi connectivity index (χ0v) is 12.0. The Labute approximate surface area is 124 Å². The average molecular weight is 287 g/mol. The van der Waals surface area contributed by atoms with Crippen LogP contribution < -0.4 is 16.8 Å². The Hall–Kier alpha value is -1.88. The zero-order valence-electron chi connectivity index (χ0n) is 12.0. The molecule has 1 aromatic carbocycles. The van der Waals surface area contributed by atoms with Crippen LogP contribution in [0.4, 0.5) is 0 Å². The van der Waals surface area contributed by atoms with Crippen LogP contribution in [0.25, 0.3) is 0 Å². The fourth-order valence-electron chi connectivity index (χ4n) is 3.93. The molecule has 0 bridgehead atoms. The second-order valence-electron chi connectivity index (χ2n) is 6.16. The molecule has 0 saturated carbocycles. The molecule has 112 valence electrons. The van der Waals surface area contributed by atoms with Gasteiger partial charge in [-0.3, -0.25) is 9.59 Å². The number of nitrogens with one attached hydrogen (secondary N) is 1. The summed E-state index contributed by atoms with van der Waals surface area (Å²) in [5.41, 5.74) is 12.7. The number of benzene rings is 1. The van der Waals surface area contributed by atoms with Crippen molar-refractivity contribution < 1.29 is 9.59 Å². The molecule has 1 aliphatic carbocycles. The van der Waals surface area contributed by atoms with Gasteiger partial charge in [-0.15, -0.1) is 0 Å². The SMILES string of the molecule is NC(=O)C1CNC(C(N)=O)([C@@H]2CCCc3ccccc32)C1. The minimum Gasteiger partial charge on any atom is -0.369 e. The molecule has 1 heterocycles. The number of carbonyl (C=O) groups excluding carboxylic acids is 2. The molecule has 0 radical (unpaired) electrons. The largest absolute Gasteiger partial charge is 0.369 e. The summed E-state index contributed by atoms with van der Waals surface area (Å²) in [5, 5.41) is 3.24. The number of aryl methyl sites for hydroxylation is 1. The van der Waals surface area contributed by atoms with Crippen molar-refractivity contribution in [1.82, 2.24) is 5.32 Å². The van der Waals surface area contributed by atoms with Gasteiger partial charge in [0.25, 0.3) is 0 Å². The van der Waals surface area contributed by atoms with Gasteiger partial charge in [-0.05, 0) is 36.8 Å². The average Bonchev–Trinajstić information content (AvgIpc) is 2.93. The van der Waals surface area contributed by atoms with E-state index in [0.717, 1.165) is 19.3 Å². The summed E-state index contributed by atoms with van der Waals surface area (Å²) in [6.45, 7) is 0.428. The quantitative estimate of drug-likeness (QED) is 0.751. The van der Waals surface area contributed by atoms with Crippen LogP contribution in [0.3, 0.4) is 0 Å². The number of carbonyl (C=O) groups is 2. The molecule has 0 spiro atoms. The summed E-state index contributed by atoms with van der Waals surface area (Å²) in [6, 6.07) is 8.19. The maximum atomic E-state index is 12.2. The van der Waals surface area contributed by atoms with Crippen molar-refractivity contribution in [2.24, 2.45) is 17.4 Å². The van der Waals surface area contributed by atoms with Gasteiger partial charge >= 0.3 is 0 Å². The summed E-state index contributed by atoms with van der Waals surface area (Å²) in [6.07, 6.45) is 3.36. The van der Waals surface area contributed by atoms with Crippen molar-refractivity contribution >= 4 is 11.8 Å². The monoisotopic (exact) mass is 287 g/mol. The van der Waals surface area contributed by atoms with Crippen molar-refractivity contribution in [3.63, 3.8) is 0 Å². The van der Waals surface area contributed by atoms with Gasteiger partial charge in [-0.25, -0.2) is 0 Å². The van der Waals surface area contributed by atoms with Gasteiger partial charge in [-0.1, -0.05) is 24.3 Å².